The molecule has 0 aliphatic rings. The van der Waals surface area contributed by atoms with Gasteiger partial charge in [0.25, 0.3) is 5.91 Å². The van der Waals surface area contributed by atoms with Crippen LogP contribution in [-0.4, -0.2) is 36.0 Å². The van der Waals surface area contributed by atoms with E-state index in [1.807, 2.05) is 12.2 Å². The van der Waals surface area contributed by atoms with Crippen LogP contribution in [0.2, 0.25) is 15.1 Å². The molecule has 0 bridgehead atoms. The van der Waals surface area contributed by atoms with Gasteiger partial charge in [0.1, 0.15) is 0 Å². The molecule has 0 spiro atoms. The number of rotatable bonds is 5. The van der Waals surface area contributed by atoms with Crippen LogP contribution in [0.3, 0.4) is 0 Å². The molecule has 0 radical (unpaired) electrons. The van der Waals surface area contributed by atoms with Gasteiger partial charge in [-0.3, -0.25) is 10.1 Å². The quantitative estimate of drug-likeness (QED) is 0.778. The van der Waals surface area contributed by atoms with Gasteiger partial charge in [0.2, 0.25) is 0 Å². The predicted molar refractivity (Wildman–Crippen MR) is 81.4 cm³/mol. The second kappa shape index (κ2) is 8.77. The normalized spacial score (nSPS) is 10.0. The fourth-order valence-electron chi connectivity index (χ4n) is 1.23. The van der Waals surface area contributed by atoms with Gasteiger partial charge in [0.05, 0.1) is 15.1 Å². The van der Waals surface area contributed by atoms with Crippen molar-refractivity contribution in [1.29, 1.82) is 0 Å². The number of nitrogens with one attached hydrogen (secondary N) is 2. The van der Waals surface area contributed by atoms with E-state index in [1.54, 1.807) is 0 Å². The number of hydrogen-bond acceptors (Lipinski definition) is 5. The van der Waals surface area contributed by atoms with E-state index < -0.39 is 24.5 Å². The Balaban J connectivity index is 2.55. The molecule has 1 rings (SSSR count). The number of carbonyl (C=O) groups excluding carboxylic acids is 3. The Labute approximate surface area is 141 Å². The topological polar surface area (TPSA) is 97.4 Å². The van der Waals surface area contributed by atoms with E-state index in [1.165, 1.54) is 0 Å². The van der Waals surface area contributed by atoms with Crippen molar-refractivity contribution in [1.82, 2.24) is 15.6 Å². The van der Waals surface area contributed by atoms with Crippen LogP contribution in [0.4, 0.5) is 4.79 Å². The molecule has 0 aliphatic carbocycles. The summed E-state index contributed by atoms with van der Waals surface area (Å²) >= 11 is 17.2. The summed E-state index contributed by atoms with van der Waals surface area (Å²) in [6, 6.07) is -0.673. The monoisotopic (exact) mass is 367 g/mol. The van der Waals surface area contributed by atoms with E-state index in [4.69, 9.17) is 39.5 Å². The van der Waals surface area contributed by atoms with E-state index in [-0.39, 0.29) is 20.8 Å². The smallest absolute Gasteiger partial charge is 0.359 e. The van der Waals surface area contributed by atoms with Crippen LogP contribution in [0.15, 0.2) is 6.20 Å². The molecule has 2 N–H and O–H groups in total. The molecule has 0 unspecified atom stereocenters. The number of urea groups is 1. The molecule has 1 heterocycles. The summed E-state index contributed by atoms with van der Waals surface area (Å²) in [7, 11) is 0. The van der Waals surface area contributed by atoms with Crippen molar-refractivity contribution < 1.29 is 19.1 Å². The summed E-state index contributed by atoms with van der Waals surface area (Å²) in [6.07, 6.45) is 1.85. The molecule has 0 aromatic carbocycles. The van der Waals surface area contributed by atoms with E-state index in [0.29, 0.717) is 6.54 Å². The third kappa shape index (κ3) is 5.32. The molecule has 1 aromatic heterocycles. The molecule has 7 nitrogen and oxygen atoms in total. The minimum absolute atomic E-state index is 0.0475. The second-order valence-corrected chi connectivity index (χ2v) is 5.13. The molecule has 0 saturated carbocycles. The zero-order valence-electron chi connectivity index (χ0n) is 11.4. The Morgan fingerprint density at radius 2 is 1.91 bits per heavy atom. The fraction of sp³-hybridized carbons (Fsp3) is 0.333. The average molecular weight is 369 g/mol. The number of hydrogen-bond donors (Lipinski definition) is 2. The van der Waals surface area contributed by atoms with Crippen molar-refractivity contribution in [3.63, 3.8) is 0 Å². The Morgan fingerprint density at radius 3 is 2.55 bits per heavy atom. The first-order valence-corrected chi connectivity index (χ1v) is 7.24. The van der Waals surface area contributed by atoms with Crippen LogP contribution in [0.5, 0.6) is 0 Å². The lowest BCUT2D eigenvalue weighted by Crippen LogP contribution is -2.41. The van der Waals surface area contributed by atoms with Crippen LogP contribution < -0.4 is 10.6 Å². The number of carbonyl (C=O) groups is 3. The number of imide groups is 1. The lowest BCUT2D eigenvalue weighted by molar-refractivity contribution is -0.123. The van der Waals surface area contributed by atoms with Gasteiger partial charge in [-0.1, -0.05) is 41.7 Å². The summed E-state index contributed by atoms with van der Waals surface area (Å²) in [5.41, 5.74) is -0.278. The van der Waals surface area contributed by atoms with Gasteiger partial charge in [-0.2, -0.15) is 0 Å². The van der Waals surface area contributed by atoms with Gasteiger partial charge in [-0.25, -0.2) is 14.6 Å². The SMILES string of the molecule is CCCNC(=O)NC(=O)COC(=O)c1ncc(Cl)c(Cl)c1Cl. The highest BCUT2D eigenvalue weighted by Crippen LogP contribution is 2.31. The number of nitrogens with zero attached hydrogens (tertiary/aromatic N) is 1. The van der Waals surface area contributed by atoms with Crippen LogP contribution in [0, 0.1) is 0 Å². The molecular formula is C12H12Cl3N3O4. The third-order valence-electron chi connectivity index (χ3n) is 2.23. The van der Waals surface area contributed by atoms with E-state index in [0.717, 1.165) is 12.6 Å². The molecule has 10 heteroatoms. The maximum Gasteiger partial charge on any atom is 0.359 e. The van der Waals surface area contributed by atoms with Gasteiger partial charge in [-0.05, 0) is 6.42 Å². The minimum Gasteiger partial charge on any atom is -0.451 e. The summed E-state index contributed by atoms with van der Waals surface area (Å²) in [4.78, 5) is 38.0. The largest absolute Gasteiger partial charge is 0.451 e. The highest BCUT2D eigenvalue weighted by molar-refractivity contribution is 6.48. The lowest BCUT2D eigenvalue weighted by Gasteiger charge is -2.08. The van der Waals surface area contributed by atoms with Crippen molar-refractivity contribution in [3.05, 3.63) is 27.0 Å². The van der Waals surface area contributed by atoms with Crippen molar-refractivity contribution in [2.45, 2.75) is 13.3 Å². The van der Waals surface area contributed by atoms with Gasteiger partial charge in [-0.15, -0.1) is 0 Å². The summed E-state index contributed by atoms with van der Waals surface area (Å²) in [5.74, 6) is -1.76. The van der Waals surface area contributed by atoms with Crippen LogP contribution in [0.25, 0.3) is 0 Å². The predicted octanol–water partition coefficient (Wildman–Crippen LogP) is 2.43. The zero-order valence-corrected chi connectivity index (χ0v) is 13.7. The van der Waals surface area contributed by atoms with E-state index in [2.05, 4.69) is 10.3 Å². The fourth-order valence-corrected chi connectivity index (χ4v) is 1.79. The molecule has 0 saturated heterocycles. The summed E-state index contributed by atoms with van der Waals surface area (Å²) in [5, 5.41) is 4.27. The first-order valence-electron chi connectivity index (χ1n) is 6.11. The summed E-state index contributed by atoms with van der Waals surface area (Å²) < 4.78 is 4.69. The number of amides is 3. The van der Waals surface area contributed by atoms with E-state index in [9.17, 15) is 14.4 Å². The third-order valence-corrected chi connectivity index (χ3v) is 3.47. The lowest BCUT2D eigenvalue weighted by atomic mass is 10.3. The van der Waals surface area contributed by atoms with Crippen LogP contribution in [0.1, 0.15) is 23.8 Å². The number of aromatic nitrogens is 1. The first-order chi connectivity index (χ1) is 10.4. The van der Waals surface area contributed by atoms with Gasteiger partial charge >= 0.3 is 12.0 Å². The van der Waals surface area contributed by atoms with Gasteiger partial charge in [0, 0.05) is 12.7 Å². The first kappa shape index (κ1) is 18.5. The Bertz CT molecular complexity index is 595. The van der Waals surface area contributed by atoms with Gasteiger partial charge in [0.15, 0.2) is 12.3 Å². The number of pyridine rings is 1. The highest BCUT2D eigenvalue weighted by Gasteiger charge is 2.19. The molecular weight excluding hydrogens is 357 g/mol. The van der Waals surface area contributed by atoms with Crippen LogP contribution in [-0.2, 0) is 9.53 Å². The highest BCUT2D eigenvalue weighted by atomic mass is 35.5. The molecule has 0 fully saturated rings. The van der Waals surface area contributed by atoms with Gasteiger partial charge < -0.3 is 10.1 Å². The Kier molecular flexibility index (Phi) is 7.37. The number of esters is 1. The maximum absolute atomic E-state index is 11.7. The molecule has 0 atom stereocenters. The Morgan fingerprint density at radius 1 is 1.23 bits per heavy atom. The molecule has 0 aliphatic heterocycles. The summed E-state index contributed by atoms with van der Waals surface area (Å²) in [6.45, 7) is 1.61. The minimum atomic E-state index is -0.965. The molecule has 1 aromatic rings. The molecule has 120 valence electrons. The number of ether oxygens (including phenoxy) is 1. The molecule has 22 heavy (non-hydrogen) atoms. The standard InChI is InChI=1S/C12H12Cl3N3O4/c1-2-3-16-12(21)18-7(19)5-22-11(20)10-9(15)8(14)6(13)4-17-10/h4H,2-3,5H2,1H3,(H2,16,18,19,21). The molecule has 3 amide bonds. The number of halogens is 3. The van der Waals surface area contributed by atoms with Crippen molar-refractivity contribution in [3.8, 4) is 0 Å². The van der Waals surface area contributed by atoms with Crippen LogP contribution >= 0.6 is 34.8 Å². The van der Waals surface area contributed by atoms with Crippen molar-refractivity contribution >= 4 is 52.7 Å². The Hall–Kier alpha value is -1.57. The maximum atomic E-state index is 11.7. The van der Waals surface area contributed by atoms with E-state index >= 15 is 0 Å². The second-order valence-electron chi connectivity index (χ2n) is 3.96. The zero-order chi connectivity index (χ0) is 16.7. The van der Waals surface area contributed by atoms with Crippen molar-refractivity contribution in [2.75, 3.05) is 13.2 Å². The van der Waals surface area contributed by atoms with Crippen molar-refractivity contribution in [2.24, 2.45) is 0 Å². The average Bonchev–Trinajstić information content (AvgIpc) is 2.48.